The van der Waals surface area contributed by atoms with E-state index in [0.29, 0.717) is 11.5 Å². The summed E-state index contributed by atoms with van der Waals surface area (Å²) in [5.74, 6) is 0.0819. The Hall–Kier alpha value is -2.24. The molecule has 1 N–H and O–H groups in total. The van der Waals surface area contributed by atoms with Gasteiger partial charge in [-0.3, -0.25) is 9.59 Å². The van der Waals surface area contributed by atoms with E-state index in [1.165, 1.54) is 14.2 Å². The summed E-state index contributed by atoms with van der Waals surface area (Å²) in [4.78, 5) is 22.1. The highest BCUT2D eigenvalue weighted by molar-refractivity contribution is 5.82. The molecule has 0 heterocycles. The van der Waals surface area contributed by atoms with Crippen molar-refractivity contribution in [1.82, 2.24) is 5.32 Å². The normalized spacial score (nSPS) is 9.44. The van der Waals surface area contributed by atoms with Crippen molar-refractivity contribution in [2.24, 2.45) is 0 Å². The fourth-order valence-electron chi connectivity index (χ4n) is 1.18. The molecule has 0 radical (unpaired) electrons. The van der Waals surface area contributed by atoms with Gasteiger partial charge >= 0.3 is 5.97 Å². The van der Waals surface area contributed by atoms with E-state index in [0.717, 1.165) is 0 Å². The van der Waals surface area contributed by atoms with Crippen LogP contribution in [0.3, 0.4) is 0 Å². The zero-order chi connectivity index (χ0) is 13.4. The van der Waals surface area contributed by atoms with Gasteiger partial charge in [0.1, 0.15) is 6.54 Å². The highest BCUT2D eigenvalue weighted by atomic mass is 16.5. The van der Waals surface area contributed by atoms with Crippen LogP contribution in [-0.2, 0) is 14.3 Å². The standard InChI is InChI=1S/C12H15NO5/c1-16-9-5-3-4-6-10(9)18-8-11(14)13-7-12(15)17-2/h3-6H,7-8H2,1-2H3,(H,13,14). The first kappa shape index (κ1) is 13.8. The molecule has 0 spiro atoms. The van der Waals surface area contributed by atoms with Gasteiger partial charge in [-0.25, -0.2) is 0 Å². The molecule has 0 aromatic heterocycles. The van der Waals surface area contributed by atoms with Crippen molar-refractivity contribution < 1.29 is 23.8 Å². The Kier molecular flexibility index (Phi) is 5.50. The van der Waals surface area contributed by atoms with Crippen LogP contribution in [0.5, 0.6) is 11.5 Å². The molecule has 0 fully saturated rings. The second kappa shape index (κ2) is 7.16. The number of para-hydroxylation sites is 2. The van der Waals surface area contributed by atoms with E-state index in [1.54, 1.807) is 24.3 Å². The largest absolute Gasteiger partial charge is 0.493 e. The number of ether oxygens (including phenoxy) is 3. The van der Waals surface area contributed by atoms with E-state index < -0.39 is 11.9 Å². The molecule has 1 rings (SSSR count). The Balaban J connectivity index is 2.40. The highest BCUT2D eigenvalue weighted by Crippen LogP contribution is 2.25. The average molecular weight is 253 g/mol. The van der Waals surface area contributed by atoms with Gasteiger partial charge in [0.05, 0.1) is 14.2 Å². The van der Waals surface area contributed by atoms with Gasteiger partial charge < -0.3 is 19.5 Å². The van der Waals surface area contributed by atoms with Crippen molar-refractivity contribution in [2.45, 2.75) is 0 Å². The molecule has 1 aromatic carbocycles. The number of rotatable bonds is 6. The SMILES string of the molecule is COC(=O)CNC(=O)COc1ccccc1OC. The summed E-state index contributed by atoms with van der Waals surface area (Å²) >= 11 is 0. The molecule has 0 atom stereocenters. The van der Waals surface area contributed by atoms with Gasteiger partial charge in [-0.05, 0) is 12.1 Å². The second-order valence-corrected chi connectivity index (χ2v) is 3.29. The third kappa shape index (κ3) is 4.32. The molecule has 98 valence electrons. The van der Waals surface area contributed by atoms with Gasteiger partial charge in [-0.2, -0.15) is 0 Å². The van der Waals surface area contributed by atoms with Crippen LogP contribution in [0.15, 0.2) is 24.3 Å². The summed E-state index contributed by atoms with van der Waals surface area (Å²) < 4.78 is 14.7. The maximum atomic E-state index is 11.4. The van der Waals surface area contributed by atoms with Crippen molar-refractivity contribution in [3.05, 3.63) is 24.3 Å². The third-order valence-electron chi connectivity index (χ3n) is 2.09. The quantitative estimate of drug-likeness (QED) is 0.741. The molecule has 18 heavy (non-hydrogen) atoms. The summed E-state index contributed by atoms with van der Waals surface area (Å²) in [6, 6.07) is 6.97. The minimum absolute atomic E-state index is 0.176. The first-order chi connectivity index (χ1) is 8.67. The van der Waals surface area contributed by atoms with E-state index in [-0.39, 0.29) is 13.2 Å². The lowest BCUT2D eigenvalue weighted by Gasteiger charge is -2.09. The van der Waals surface area contributed by atoms with Gasteiger partial charge in [0, 0.05) is 0 Å². The number of hydrogen-bond acceptors (Lipinski definition) is 5. The Morgan fingerprint density at radius 1 is 1.17 bits per heavy atom. The summed E-state index contributed by atoms with van der Waals surface area (Å²) in [5, 5.41) is 2.36. The number of benzene rings is 1. The minimum atomic E-state index is -0.513. The molecule has 0 saturated heterocycles. The average Bonchev–Trinajstić information content (AvgIpc) is 2.42. The lowest BCUT2D eigenvalue weighted by atomic mass is 10.3. The number of nitrogens with one attached hydrogen (secondary N) is 1. The van der Waals surface area contributed by atoms with E-state index in [4.69, 9.17) is 9.47 Å². The number of hydrogen-bond donors (Lipinski definition) is 1. The topological polar surface area (TPSA) is 73.9 Å². The zero-order valence-electron chi connectivity index (χ0n) is 10.3. The van der Waals surface area contributed by atoms with Gasteiger partial charge in [0.2, 0.25) is 0 Å². The molecular weight excluding hydrogens is 238 g/mol. The van der Waals surface area contributed by atoms with Crippen molar-refractivity contribution in [3.8, 4) is 11.5 Å². The van der Waals surface area contributed by atoms with Crippen molar-refractivity contribution in [3.63, 3.8) is 0 Å². The molecular formula is C12H15NO5. The Labute approximate surface area is 105 Å². The zero-order valence-corrected chi connectivity index (χ0v) is 10.3. The molecule has 1 aromatic rings. The van der Waals surface area contributed by atoms with E-state index in [9.17, 15) is 9.59 Å². The van der Waals surface area contributed by atoms with Gasteiger partial charge in [0.25, 0.3) is 5.91 Å². The fourth-order valence-corrected chi connectivity index (χ4v) is 1.18. The number of carbonyl (C=O) groups excluding carboxylic acids is 2. The van der Waals surface area contributed by atoms with Crippen LogP contribution in [0.2, 0.25) is 0 Å². The van der Waals surface area contributed by atoms with Crippen molar-refractivity contribution in [2.75, 3.05) is 27.4 Å². The van der Waals surface area contributed by atoms with Crippen LogP contribution in [-0.4, -0.2) is 39.2 Å². The summed E-state index contributed by atoms with van der Waals surface area (Å²) in [5.41, 5.74) is 0. The Morgan fingerprint density at radius 3 is 2.44 bits per heavy atom. The van der Waals surface area contributed by atoms with E-state index in [1.807, 2.05) is 0 Å². The first-order valence-corrected chi connectivity index (χ1v) is 5.26. The van der Waals surface area contributed by atoms with Crippen LogP contribution in [0.1, 0.15) is 0 Å². The van der Waals surface area contributed by atoms with Crippen LogP contribution >= 0.6 is 0 Å². The van der Waals surface area contributed by atoms with Crippen molar-refractivity contribution in [1.29, 1.82) is 0 Å². The lowest BCUT2D eigenvalue weighted by molar-refractivity contribution is -0.141. The van der Waals surface area contributed by atoms with E-state index in [2.05, 4.69) is 10.1 Å². The third-order valence-corrected chi connectivity index (χ3v) is 2.09. The molecule has 0 aliphatic carbocycles. The molecule has 0 bridgehead atoms. The van der Waals surface area contributed by atoms with Gasteiger partial charge in [-0.1, -0.05) is 12.1 Å². The van der Waals surface area contributed by atoms with Crippen molar-refractivity contribution >= 4 is 11.9 Å². The molecule has 6 nitrogen and oxygen atoms in total. The maximum Gasteiger partial charge on any atom is 0.325 e. The Bertz CT molecular complexity index is 419. The second-order valence-electron chi connectivity index (χ2n) is 3.29. The molecule has 1 amide bonds. The Morgan fingerprint density at radius 2 is 1.83 bits per heavy atom. The molecule has 0 unspecified atom stereocenters. The molecule has 0 saturated carbocycles. The molecule has 0 aliphatic rings. The predicted octanol–water partition coefficient (Wildman–Crippen LogP) is 0.363. The monoisotopic (exact) mass is 253 g/mol. The van der Waals surface area contributed by atoms with Crippen LogP contribution in [0.25, 0.3) is 0 Å². The minimum Gasteiger partial charge on any atom is -0.493 e. The van der Waals surface area contributed by atoms with Crippen LogP contribution in [0, 0.1) is 0 Å². The number of amides is 1. The summed E-state index contributed by atoms with van der Waals surface area (Å²) in [6.07, 6.45) is 0. The first-order valence-electron chi connectivity index (χ1n) is 5.26. The van der Waals surface area contributed by atoms with Crippen LogP contribution in [0.4, 0.5) is 0 Å². The molecule has 0 aliphatic heterocycles. The number of methoxy groups -OCH3 is 2. The van der Waals surface area contributed by atoms with E-state index >= 15 is 0 Å². The van der Waals surface area contributed by atoms with Gasteiger partial charge in [0.15, 0.2) is 18.1 Å². The number of esters is 1. The predicted molar refractivity (Wildman–Crippen MR) is 63.5 cm³/mol. The fraction of sp³-hybridized carbons (Fsp3) is 0.333. The summed E-state index contributed by atoms with van der Waals surface area (Å²) in [7, 11) is 2.76. The maximum absolute atomic E-state index is 11.4. The summed E-state index contributed by atoms with van der Waals surface area (Å²) in [6.45, 7) is -0.373. The van der Waals surface area contributed by atoms with Crippen LogP contribution < -0.4 is 14.8 Å². The lowest BCUT2D eigenvalue weighted by Crippen LogP contribution is -2.33. The highest BCUT2D eigenvalue weighted by Gasteiger charge is 2.08. The number of carbonyl (C=O) groups is 2. The molecule has 6 heteroatoms. The van der Waals surface area contributed by atoms with Gasteiger partial charge in [-0.15, -0.1) is 0 Å². The smallest absolute Gasteiger partial charge is 0.325 e.